The number of para-hydroxylation sites is 1. The first-order valence-electron chi connectivity index (χ1n) is 22.7. The van der Waals surface area contributed by atoms with Gasteiger partial charge in [0.1, 0.15) is 36.5 Å². The standard InChI is InChI=1S/C56H62N4O4/c1-6-16-51(9-4)61-38-57(28-7-2)30-14-13-21-52(43-22-25-54-47(32-43)36-59(40-63-54)49-18-11-10-12-19-49)56(44-23-26-53-46(33-44)35-58(29-8-3)39-62-53)45-24-27-55-48(34-45)37-60(41-64-55)50-20-15-17-42(5)31-50/h1,7-8,10-20,22-27,31-32,34,46,52,56H,2-3,9,21,28-30,33,35-41H2,4-5H3/b14-13+,51-16+. The molecule has 4 aromatic carbocycles. The van der Waals surface area contributed by atoms with E-state index in [1.807, 2.05) is 12.2 Å². The quantitative estimate of drug-likeness (QED) is 0.0425. The van der Waals surface area contributed by atoms with Gasteiger partial charge in [-0.15, -0.1) is 19.6 Å². The third-order valence-corrected chi connectivity index (χ3v) is 12.7. The Morgan fingerprint density at radius 3 is 2.28 bits per heavy atom. The monoisotopic (exact) mass is 854 g/mol. The molecule has 1 saturated heterocycles. The molecule has 8 rings (SSSR count). The van der Waals surface area contributed by atoms with Gasteiger partial charge in [-0.1, -0.05) is 91.3 Å². The Morgan fingerprint density at radius 2 is 1.56 bits per heavy atom. The Kier molecular flexibility index (Phi) is 14.7. The van der Waals surface area contributed by atoms with Crippen LogP contribution < -0.4 is 19.3 Å². The van der Waals surface area contributed by atoms with E-state index in [0.717, 1.165) is 74.1 Å². The van der Waals surface area contributed by atoms with Crippen molar-refractivity contribution >= 4 is 11.4 Å². The molecule has 0 N–H and O–H groups in total. The molecule has 0 amide bonds. The normalized spacial score (nSPS) is 18.2. The summed E-state index contributed by atoms with van der Waals surface area (Å²) in [6.07, 6.45) is 22.8. The first-order chi connectivity index (χ1) is 31.4. The van der Waals surface area contributed by atoms with Gasteiger partial charge in [0.2, 0.25) is 0 Å². The molecule has 4 aliphatic rings. The molecule has 3 heterocycles. The number of anilines is 2. The Morgan fingerprint density at radius 1 is 0.828 bits per heavy atom. The number of hydrogen-bond acceptors (Lipinski definition) is 8. The van der Waals surface area contributed by atoms with E-state index in [-0.39, 0.29) is 17.8 Å². The van der Waals surface area contributed by atoms with Crippen LogP contribution in [0, 0.1) is 25.2 Å². The maximum atomic E-state index is 6.45. The fraction of sp³-hybridized carbons (Fsp3) is 0.321. The van der Waals surface area contributed by atoms with E-state index in [0.29, 0.717) is 40.0 Å². The molecule has 0 saturated carbocycles. The summed E-state index contributed by atoms with van der Waals surface area (Å²) in [6.45, 7) is 18.9. The van der Waals surface area contributed by atoms with Crippen molar-refractivity contribution in [2.24, 2.45) is 5.92 Å². The van der Waals surface area contributed by atoms with Crippen molar-refractivity contribution in [2.45, 2.75) is 58.0 Å². The Balaban J connectivity index is 1.18. The topological polar surface area (TPSA) is 49.9 Å². The summed E-state index contributed by atoms with van der Waals surface area (Å²) >= 11 is 0. The van der Waals surface area contributed by atoms with E-state index in [2.05, 4.69) is 168 Å². The van der Waals surface area contributed by atoms with E-state index in [9.17, 15) is 0 Å². The second-order valence-electron chi connectivity index (χ2n) is 17.2. The predicted molar refractivity (Wildman–Crippen MR) is 260 cm³/mol. The van der Waals surface area contributed by atoms with Crippen LogP contribution in [0.15, 0.2) is 164 Å². The number of rotatable bonds is 18. The molecule has 3 atom stereocenters. The van der Waals surface area contributed by atoms with Crippen LogP contribution in [0.4, 0.5) is 11.4 Å². The average molecular weight is 855 g/mol. The lowest BCUT2D eigenvalue weighted by atomic mass is 9.71. The SMILES string of the molecule is C#C/C=C(\CC)OCN(CC=C)C/C=C/CC(c1ccc2c(c1)CN(c1ccccc1)CO2)C(C1=CC=C2OCN(CC=C)CC2C1)c1ccc2c(c1)CN(c1cccc(C)c1)CO2. The van der Waals surface area contributed by atoms with Crippen molar-refractivity contribution in [3.8, 4) is 23.8 Å². The third kappa shape index (κ3) is 10.7. The van der Waals surface area contributed by atoms with Gasteiger partial charge < -0.3 is 28.7 Å². The average Bonchev–Trinajstić information content (AvgIpc) is 3.33. The molecule has 1 fully saturated rings. The van der Waals surface area contributed by atoms with Crippen LogP contribution in [0.2, 0.25) is 0 Å². The third-order valence-electron chi connectivity index (χ3n) is 12.7. The second kappa shape index (κ2) is 21.3. The van der Waals surface area contributed by atoms with Gasteiger partial charge in [-0.2, -0.15) is 0 Å². The van der Waals surface area contributed by atoms with Crippen molar-refractivity contribution in [1.29, 1.82) is 0 Å². The number of hydrogen-bond donors (Lipinski definition) is 0. The molecule has 1 aliphatic carbocycles. The number of allylic oxidation sites excluding steroid dienone is 6. The largest absolute Gasteiger partial charge is 0.482 e. The van der Waals surface area contributed by atoms with Crippen LogP contribution in [0.1, 0.15) is 65.8 Å². The van der Waals surface area contributed by atoms with E-state index in [1.165, 1.54) is 39.1 Å². The van der Waals surface area contributed by atoms with Crippen LogP contribution in [0.5, 0.6) is 11.5 Å². The summed E-state index contributed by atoms with van der Waals surface area (Å²) < 4.78 is 25.3. The van der Waals surface area contributed by atoms with Gasteiger partial charge in [-0.05, 0) is 97.0 Å². The van der Waals surface area contributed by atoms with Gasteiger partial charge in [-0.25, -0.2) is 0 Å². The highest BCUT2D eigenvalue weighted by Gasteiger charge is 2.35. The van der Waals surface area contributed by atoms with E-state index in [1.54, 1.807) is 6.08 Å². The number of nitrogens with zero attached hydrogens (tertiary/aromatic N) is 4. The highest BCUT2D eigenvalue weighted by Crippen LogP contribution is 2.48. The Labute approximate surface area is 381 Å². The van der Waals surface area contributed by atoms with Crippen molar-refractivity contribution in [3.05, 3.63) is 192 Å². The first-order valence-corrected chi connectivity index (χ1v) is 22.7. The predicted octanol–water partition coefficient (Wildman–Crippen LogP) is 11.2. The minimum atomic E-state index is 0.0540. The Hall–Kier alpha value is -6.40. The van der Waals surface area contributed by atoms with Crippen molar-refractivity contribution in [3.63, 3.8) is 0 Å². The molecule has 0 aromatic heterocycles. The second-order valence-corrected chi connectivity index (χ2v) is 17.2. The van der Waals surface area contributed by atoms with E-state index >= 15 is 0 Å². The van der Waals surface area contributed by atoms with Gasteiger partial charge in [0, 0.05) is 86.1 Å². The number of ether oxygens (including phenoxy) is 4. The van der Waals surface area contributed by atoms with Crippen molar-refractivity contribution < 1.29 is 18.9 Å². The molecule has 3 aliphatic heterocycles. The molecule has 8 nitrogen and oxygen atoms in total. The van der Waals surface area contributed by atoms with Crippen LogP contribution in [-0.2, 0) is 22.6 Å². The fourth-order valence-corrected chi connectivity index (χ4v) is 9.43. The summed E-state index contributed by atoms with van der Waals surface area (Å²) in [5.74, 6) is 6.78. The summed E-state index contributed by atoms with van der Waals surface area (Å²) in [6, 6.07) is 33.0. The van der Waals surface area contributed by atoms with Crippen molar-refractivity contribution in [2.75, 3.05) is 62.9 Å². The highest BCUT2D eigenvalue weighted by molar-refractivity contribution is 5.54. The van der Waals surface area contributed by atoms with E-state index < -0.39 is 0 Å². The summed E-state index contributed by atoms with van der Waals surface area (Å²) in [5, 5.41) is 0. The Bertz CT molecular complexity index is 2430. The molecule has 0 radical (unpaired) electrons. The summed E-state index contributed by atoms with van der Waals surface area (Å²) in [7, 11) is 0. The van der Waals surface area contributed by atoms with Crippen molar-refractivity contribution in [1.82, 2.24) is 9.80 Å². The maximum absolute atomic E-state index is 6.45. The zero-order valence-corrected chi connectivity index (χ0v) is 37.5. The molecule has 3 unspecified atom stereocenters. The lowest BCUT2D eigenvalue weighted by molar-refractivity contribution is 0.00980. The minimum absolute atomic E-state index is 0.0540. The van der Waals surface area contributed by atoms with Crippen LogP contribution in [0.3, 0.4) is 0 Å². The first kappa shape index (κ1) is 44.2. The number of terminal acetylenes is 1. The van der Waals surface area contributed by atoms with Gasteiger partial charge in [0.05, 0.1) is 0 Å². The van der Waals surface area contributed by atoms with Gasteiger partial charge in [-0.3, -0.25) is 9.80 Å². The lowest BCUT2D eigenvalue weighted by Gasteiger charge is -2.39. The molecular formula is C56H62N4O4. The minimum Gasteiger partial charge on any atom is -0.482 e. The number of aryl methyl sites for hydroxylation is 1. The number of benzene rings is 4. The number of fused-ring (bicyclic) bond motifs is 3. The zero-order chi connectivity index (χ0) is 44.3. The van der Waals surface area contributed by atoms with Gasteiger partial charge >= 0.3 is 0 Å². The van der Waals surface area contributed by atoms with E-state index in [4.69, 9.17) is 25.4 Å². The molecule has 4 aromatic rings. The zero-order valence-electron chi connectivity index (χ0n) is 37.5. The van der Waals surface area contributed by atoms with Gasteiger partial charge in [0.15, 0.2) is 13.5 Å². The maximum Gasteiger partial charge on any atom is 0.161 e. The summed E-state index contributed by atoms with van der Waals surface area (Å²) in [5.41, 5.74) is 9.89. The lowest BCUT2D eigenvalue weighted by Crippen LogP contribution is -2.39. The molecule has 8 heteroatoms. The molecule has 0 spiro atoms. The van der Waals surface area contributed by atoms with Crippen LogP contribution in [-0.4, -0.2) is 62.9 Å². The highest BCUT2D eigenvalue weighted by atomic mass is 16.5. The van der Waals surface area contributed by atoms with Crippen LogP contribution >= 0.6 is 0 Å². The molecular weight excluding hydrogens is 793 g/mol. The van der Waals surface area contributed by atoms with Gasteiger partial charge in [0.25, 0.3) is 0 Å². The molecule has 0 bridgehead atoms. The fourth-order valence-electron chi connectivity index (χ4n) is 9.43. The molecule has 330 valence electrons. The molecule has 64 heavy (non-hydrogen) atoms. The smallest absolute Gasteiger partial charge is 0.161 e. The van der Waals surface area contributed by atoms with Crippen LogP contribution in [0.25, 0.3) is 0 Å². The summed E-state index contributed by atoms with van der Waals surface area (Å²) in [4.78, 5) is 9.19.